The maximum Gasteiger partial charge on any atom is 0.416 e. The Hall–Kier alpha value is -7.38. The number of fused-ring (bicyclic) bond motifs is 6. The summed E-state index contributed by atoms with van der Waals surface area (Å²) >= 11 is 0. The van der Waals surface area contributed by atoms with E-state index < -0.39 is 29.4 Å². The molecule has 0 saturated heterocycles. The molecule has 0 aliphatic heterocycles. The Labute approximate surface area is 354 Å². The number of benzene rings is 8. The SMILES string of the molecule is C=Cc1cccc(-c2ccc3c(c2)-c2cc(-c4ccc5c(c4)c4cc(-c6cccc(C=C)c6)ccc4n5-c4cccc(C(F)(F)F)c4)ccc2C3c2cccc(C(F)(F)F)c2)c1. The van der Waals surface area contributed by atoms with Crippen molar-refractivity contribution in [1.29, 1.82) is 0 Å². The average Bonchev–Trinajstić information content (AvgIpc) is 3.80. The molecule has 10 rings (SSSR count). The molecule has 302 valence electrons. The minimum atomic E-state index is -4.52. The molecule has 1 aliphatic rings. The van der Waals surface area contributed by atoms with Crippen LogP contribution in [0.2, 0.25) is 0 Å². The van der Waals surface area contributed by atoms with Crippen molar-refractivity contribution in [2.24, 2.45) is 0 Å². The monoisotopic (exact) mass is 823 g/mol. The molecule has 1 heterocycles. The summed E-state index contributed by atoms with van der Waals surface area (Å²) in [5, 5.41) is 1.71. The molecular formula is C55H35F6N. The number of hydrogen-bond acceptors (Lipinski definition) is 0. The van der Waals surface area contributed by atoms with Crippen LogP contribution < -0.4 is 0 Å². The Morgan fingerprint density at radius 1 is 0.419 bits per heavy atom. The highest BCUT2D eigenvalue weighted by Gasteiger charge is 2.35. The van der Waals surface area contributed by atoms with Crippen LogP contribution in [-0.4, -0.2) is 4.57 Å². The van der Waals surface area contributed by atoms with Gasteiger partial charge in [0.1, 0.15) is 0 Å². The van der Waals surface area contributed by atoms with Gasteiger partial charge in [-0.2, -0.15) is 26.3 Å². The predicted octanol–water partition coefficient (Wildman–Crippen LogP) is 16.3. The van der Waals surface area contributed by atoms with Gasteiger partial charge >= 0.3 is 12.4 Å². The fraction of sp³-hybridized carbons (Fsp3) is 0.0545. The molecule has 0 radical (unpaired) electrons. The van der Waals surface area contributed by atoms with E-state index in [2.05, 4.69) is 43.5 Å². The second kappa shape index (κ2) is 14.7. The summed E-state index contributed by atoms with van der Waals surface area (Å²) in [7, 11) is 0. The van der Waals surface area contributed by atoms with E-state index in [1.165, 1.54) is 24.3 Å². The second-order valence-corrected chi connectivity index (χ2v) is 15.7. The van der Waals surface area contributed by atoms with Crippen molar-refractivity contribution < 1.29 is 26.3 Å². The molecule has 7 heteroatoms. The normalized spacial score (nSPS) is 13.6. The van der Waals surface area contributed by atoms with E-state index in [4.69, 9.17) is 0 Å². The first-order valence-electron chi connectivity index (χ1n) is 20.1. The summed E-state index contributed by atoms with van der Waals surface area (Å²) in [6, 6.07) is 51.2. The molecule has 0 saturated carbocycles. The first kappa shape index (κ1) is 38.8. The fourth-order valence-corrected chi connectivity index (χ4v) is 9.04. The number of rotatable bonds is 7. The van der Waals surface area contributed by atoms with E-state index >= 15 is 0 Å². The summed E-state index contributed by atoms with van der Waals surface area (Å²) in [6.07, 6.45) is -5.44. The van der Waals surface area contributed by atoms with Gasteiger partial charge in [-0.1, -0.05) is 122 Å². The number of aromatic nitrogens is 1. The van der Waals surface area contributed by atoms with E-state index in [0.29, 0.717) is 11.3 Å². The fourth-order valence-electron chi connectivity index (χ4n) is 9.04. The lowest BCUT2D eigenvalue weighted by molar-refractivity contribution is -0.138. The lowest BCUT2D eigenvalue weighted by Gasteiger charge is -2.17. The quantitative estimate of drug-likeness (QED) is 0.141. The van der Waals surface area contributed by atoms with Gasteiger partial charge in [0.15, 0.2) is 0 Å². The minimum Gasteiger partial charge on any atom is -0.309 e. The van der Waals surface area contributed by atoms with Gasteiger partial charge in [-0.05, 0) is 145 Å². The van der Waals surface area contributed by atoms with Crippen LogP contribution in [-0.2, 0) is 12.4 Å². The molecule has 62 heavy (non-hydrogen) atoms. The van der Waals surface area contributed by atoms with Gasteiger partial charge in [-0.25, -0.2) is 0 Å². The Morgan fingerprint density at radius 3 is 1.35 bits per heavy atom. The van der Waals surface area contributed by atoms with Crippen molar-refractivity contribution in [3.05, 3.63) is 222 Å². The Morgan fingerprint density at radius 2 is 0.855 bits per heavy atom. The van der Waals surface area contributed by atoms with Crippen molar-refractivity contribution in [1.82, 2.24) is 4.57 Å². The molecule has 0 bridgehead atoms. The zero-order chi connectivity index (χ0) is 42.9. The average molecular weight is 824 g/mol. The molecular weight excluding hydrogens is 789 g/mol. The first-order valence-corrected chi connectivity index (χ1v) is 20.1. The van der Waals surface area contributed by atoms with Crippen LogP contribution in [0.25, 0.3) is 84.2 Å². The summed E-state index contributed by atoms with van der Waals surface area (Å²) < 4.78 is 86.1. The maximum absolute atomic E-state index is 14.0. The van der Waals surface area contributed by atoms with Crippen molar-refractivity contribution in [3.63, 3.8) is 0 Å². The molecule has 0 fully saturated rings. The van der Waals surface area contributed by atoms with Crippen molar-refractivity contribution >= 4 is 34.0 Å². The summed E-state index contributed by atoms with van der Waals surface area (Å²) in [4.78, 5) is 0. The van der Waals surface area contributed by atoms with Crippen LogP contribution in [0.15, 0.2) is 183 Å². The van der Waals surface area contributed by atoms with Gasteiger partial charge in [0, 0.05) is 22.4 Å². The van der Waals surface area contributed by atoms with E-state index in [0.717, 1.165) is 101 Å². The lowest BCUT2D eigenvalue weighted by atomic mass is 9.87. The molecule has 1 nitrogen and oxygen atoms in total. The molecule has 9 aromatic rings. The van der Waals surface area contributed by atoms with Gasteiger partial charge < -0.3 is 4.57 Å². The van der Waals surface area contributed by atoms with Gasteiger partial charge in [-0.3, -0.25) is 0 Å². The molecule has 0 N–H and O–H groups in total. The molecule has 1 aromatic heterocycles. The highest BCUT2D eigenvalue weighted by Crippen LogP contribution is 2.51. The van der Waals surface area contributed by atoms with Crippen LogP contribution in [0.3, 0.4) is 0 Å². The zero-order valence-corrected chi connectivity index (χ0v) is 33.0. The van der Waals surface area contributed by atoms with Crippen LogP contribution in [0.1, 0.15) is 44.9 Å². The standard InChI is InChI=1S/C55H35F6N/c1-3-33-9-5-11-35(25-33)37-17-21-45-47(28-37)48-29-38(18-22-46(48)53(45)41-13-7-14-42(27-41)54(56,57)58)40-20-24-52-50(31-40)49-30-39(36-12-6-10-34(4-2)26-36)19-23-51(49)62(52)44-16-8-15-43(32-44)55(59,60)61/h3-32,53H,1-2H2. The van der Waals surface area contributed by atoms with Crippen molar-refractivity contribution in [2.45, 2.75) is 18.3 Å². The smallest absolute Gasteiger partial charge is 0.309 e. The van der Waals surface area contributed by atoms with Crippen LogP contribution in [0, 0.1) is 0 Å². The third-order valence-electron chi connectivity index (χ3n) is 12.0. The summed E-state index contributed by atoms with van der Waals surface area (Å²) in [6.45, 7) is 7.84. The van der Waals surface area contributed by atoms with E-state index in [-0.39, 0.29) is 0 Å². The summed E-state index contributed by atoms with van der Waals surface area (Å²) in [5.74, 6) is -0.434. The largest absolute Gasteiger partial charge is 0.416 e. The minimum absolute atomic E-state index is 0.387. The predicted molar refractivity (Wildman–Crippen MR) is 240 cm³/mol. The van der Waals surface area contributed by atoms with Crippen LogP contribution >= 0.6 is 0 Å². The van der Waals surface area contributed by atoms with Gasteiger partial charge in [0.05, 0.1) is 22.2 Å². The summed E-state index contributed by atoms with van der Waals surface area (Å²) in [5.41, 5.74) is 12.2. The van der Waals surface area contributed by atoms with Crippen molar-refractivity contribution in [2.75, 3.05) is 0 Å². The van der Waals surface area contributed by atoms with Gasteiger partial charge in [0.25, 0.3) is 0 Å². The number of hydrogen-bond donors (Lipinski definition) is 0. The Bertz CT molecular complexity index is 3270. The van der Waals surface area contributed by atoms with Gasteiger partial charge in [-0.15, -0.1) is 0 Å². The second-order valence-electron chi connectivity index (χ2n) is 15.7. The Kier molecular flexibility index (Phi) is 9.18. The van der Waals surface area contributed by atoms with Crippen LogP contribution in [0.4, 0.5) is 26.3 Å². The first-order chi connectivity index (χ1) is 29.9. The zero-order valence-electron chi connectivity index (χ0n) is 33.0. The number of halogens is 6. The molecule has 1 unspecified atom stereocenters. The number of nitrogens with zero attached hydrogens (tertiary/aromatic N) is 1. The number of alkyl halides is 6. The third kappa shape index (κ3) is 6.70. The Balaban J connectivity index is 1.17. The molecule has 0 amide bonds. The topological polar surface area (TPSA) is 4.93 Å². The lowest BCUT2D eigenvalue weighted by Crippen LogP contribution is -2.07. The maximum atomic E-state index is 14.0. The molecule has 8 aromatic carbocycles. The van der Waals surface area contributed by atoms with E-state index in [9.17, 15) is 26.3 Å². The third-order valence-corrected chi connectivity index (χ3v) is 12.0. The molecule has 1 aliphatic carbocycles. The van der Waals surface area contributed by atoms with Gasteiger partial charge in [0.2, 0.25) is 0 Å². The highest BCUT2D eigenvalue weighted by atomic mass is 19.4. The highest BCUT2D eigenvalue weighted by molar-refractivity contribution is 6.11. The van der Waals surface area contributed by atoms with E-state index in [1.54, 1.807) is 24.3 Å². The van der Waals surface area contributed by atoms with E-state index in [1.807, 2.05) is 95.6 Å². The van der Waals surface area contributed by atoms with Crippen molar-refractivity contribution in [3.8, 4) is 50.2 Å². The molecule has 1 atom stereocenters. The molecule has 0 spiro atoms. The van der Waals surface area contributed by atoms with Crippen LogP contribution in [0.5, 0.6) is 0 Å².